The maximum absolute atomic E-state index is 12.0. The van der Waals surface area contributed by atoms with Gasteiger partial charge in [-0.1, -0.05) is 12.1 Å². The maximum Gasteiger partial charge on any atom is 0.223 e. The molecule has 1 aromatic rings. The van der Waals surface area contributed by atoms with Crippen LogP contribution >= 0.6 is 0 Å². The molecule has 4 heteroatoms. The molecule has 1 amide bonds. The second kappa shape index (κ2) is 6.75. The minimum Gasteiger partial charge on any atom is -0.368 e. The monoisotopic (exact) mass is 275 g/mol. The Morgan fingerprint density at radius 3 is 2.55 bits per heavy atom. The quantitative estimate of drug-likeness (QED) is 0.906. The van der Waals surface area contributed by atoms with Crippen molar-refractivity contribution in [2.75, 3.05) is 44.7 Å². The fourth-order valence-corrected chi connectivity index (χ4v) is 2.66. The second-order valence-electron chi connectivity index (χ2n) is 5.44. The molecule has 0 spiro atoms. The van der Waals surface area contributed by atoms with E-state index < -0.39 is 0 Å². The summed E-state index contributed by atoms with van der Waals surface area (Å²) < 4.78 is 0. The number of carbonyl (C=O) groups is 1. The molecule has 4 nitrogen and oxygen atoms in total. The van der Waals surface area contributed by atoms with Crippen LogP contribution in [0.5, 0.6) is 0 Å². The molecule has 1 heterocycles. The van der Waals surface area contributed by atoms with E-state index in [1.54, 1.807) is 0 Å². The van der Waals surface area contributed by atoms with Gasteiger partial charge in [-0.2, -0.15) is 0 Å². The molecule has 0 bridgehead atoms. The first kappa shape index (κ1) is 14.9. The Bertz CT molecular complexity index is 465. The summed E-state index contributed by atoms with van der Waals surface area (Å²) in [5.41, 5.74) is 3.99. The number of aryl methyl sites for hydroxylation is 1. The molecule has 2 rings (SSSR count). The van der Waals surface area contributed by atoms with Crippen LogP contribution in [0.1, 0.15) is 17.5 Å². The highest BCUT2D eigenvalue weighted by molar-refractivity contribution is 5.76. The van der Waals surface area contributed by atoms with E-state index in [1.165, 1.54) is 16.8 Å². The average molecular weight is 275 g/mol. The topological polar surface area (TPSA) is 35.6 Å². The van der Waals surface area contributed by atoms with Crippen LogP contribution in [0.25, 0.3) is 0 Å². The van der Waals surface area contributed by atoms with Gasteiger partial charge in [0.15, 0.2) is 0 Å². The minimum atomic E-state index is 0.264. The largest absolute Gasteiger partial charge is 0.368 e. The Morgan fingerprint density at radius 2 is 1.90 bits per heavy atom. The summed E-state index contributed by atoms with van der Waals surface area (Å²) in [5, 5.41) is 3.03. The van der Waals surface area contributed by atoms with Gasteiger partial charge in [0.1, 0.15) is 0 Å². The zero-order valence-electron chi connectivity index (χ0n) is 12.8. The zero-order valence-corrected chi connectivity index (χ0v) is 12.8. The molecule has 1 aromatic carbocycles. The van der Waals surface area contributed by atoms with Gasteiger partial charge in [-0.3, -0.25) is 4.79 Å². The van der Waals surface area contributed by atoms with Crippen LogP contribution < -0.4 is 10.2 Å². The molecule has 0 saturated carbocycles. The third-order valence-corrected chi connectivity index (χ3v) is 4.14. The van der Waals surface area contributed by atoms with Gasteiger partial charge in [-0.25, -0.2) is 0 Å². The number of amides is 1. The van der Waals surface area contributed by atoms with Crippen LogP contribution in [-0.2, 0) is 4.79 Å². The van der Waals surface area contributed by atoms with Crippen molar-refractivity contribution in [2.45, 2.75) is 20.3 Å². The summed E-state index contributed by atoms with van der Waals surface area (Å²) >= 11 is 0. The zero-order chi connectivity index (χ0) is 14.5. The maximum atomic E-state index is 12.0. The van der Waals surface area contributed by atoms with E-state index in [0.717, 1.165) is 32.7 Å². The fraction of sp³-hybridized carbons (Fsp3) is 0.562. The molecular formula is C16H25N3O. The minimum absolute atomic E-state index is 0.264. The van der Waals surface area contributed by atoms with Crippen molar-refractivity contribution in [3.63, 3.8) is 0 Å². The standard InChI is InChI=1S/C16H25N3O/c1-13-5-4-6-15(14(13)2)18-9-11-19(12-10-18)16(20)7-8-17-3/h4-6,17H,7-12H2,1-3H3. The number of nitrogens with zero attached hydrogens (tertiary/aromatic N) is 2. The lowest BCUT2D eigenvalue weighted by Gasteiger charge is -2.37. The van der Waals surface area contributed by atoms with Crippen LogP contribution in [0.4, 0.5) is 5.69 Å². The molecule has 1 fully saturated rings. The van der Waals surface area contributed by atoms with Gasteiger partial charge in [0.2, 0.25) is 5.91 Å². The molecule has 0 aliphatic carbocycles. The molecule has 0 radical (unpaired) electrons. The number of nitrogens with one attached hydrogen (secondary N) is 1. The predicted octanol–water partition coefficient (Wildman–Crippen LogP) is 1.56. The van der Waals surface area contributed by atoms with E-state index in [1.807, 2.05) is 11.9 Å². The third kappa shape index (κ3) is 3.31. The van der Waals surface area contributed by atoms with Crippen molar-refractivity contribution < 1.29 is 4.79 Å². The van der Waals surface area contributed by atoms with Crippen molar-refractivity contribution in [1.82, 2.24) is 10.2 Å². The van der Waals surface area contributed by atoms with Gasteiger partial charge >= 0.3 is 0 Å². The van der Waals surface area contributed by atoms with Gasteiger partial charge in [0.05, 0.1) is 0 Å². The van der Waals surface area contributed by atoms with Crippen LogP contribution in [0, 0.1) is 13.8 Å². The van der Waals surface area contributed by atoms with E-state index in [2.05, 4.69) is 42.3 Å². The van der Waals surface area contributed by atoms with E-state index in [-0.39, 0.29) is 5.91 Å². The van der Waals surface area contributed by atoms with E-state index in [4.69, 9.17) is 0 Å². The Labute approximate surface area is 121 Å². The summed E-state index contributed by atoms with van der Waals surface area (Å²) in [4.78, 5) is 16.4. The molecule has 0 atom stereocenters. The van der Waals surface area contributed by atoms with E-state index >= 15 is 0 Å². The molecule has 1 aliphatic rings. The van der Waals surface area contributed by atoms with Crippen molar-refractivity contribution >= 4 is 11.6 Å². The number of benzene rings is 1. The van der Waals surface area contributed by atoms with Gasteiger partial charge in [0.25, 0.3) is 0 Å². The third-order valence-electron chi connectivity index (χ3n) is 4.14. The number of piperazine rings is 1. The molecule has 1 N–H and O–H groups in total. The predicted molar refractivity (Wildman–Crippen MR) is 83.3 cm³/mol. The Balaban J connectivity index is 1.94. The number of carbonyl (C=O) groups excluding carboxylic acids is 1. The van der Waals surface area contributed by atoms with Crippen molar-refractivity contribution in [3.8, 4) is 0 Å². The number of hydrogen-bond donors (Lipinski definition) is 1. The first-order valence-electron chi connectivity index (χ1n) is 7.37. The van der Waals surface area contributed by atoms with Crippen molar-refractivity contribution in [3.05, 3.63) is 29.3 Å². The van der Waals surface area contributed by atoms with Gasteiger partial charge < -0.3 is 15.1 Å². The van der Waals surface area contributed by atoms with Crippen LogP contribution in [0.15, 0.2) is 18.2 Å². The van der Waals surface area contributed by atoms with E-state index in [0.29, 0.717) is 6.42 Å². The first-order valence-corrected chi connectivity index (χ1v) is 7.37. The smallest absolute Gasteiger partial charge is 0.223 e. The number of anilines is 1. The summed E-state index contributed by atoms with van der Waals surface area (Å²) in [5.74, 6) is 0.264. The average Bonchev–Trinajstić information content (AvgIpc) is 2.48. The number of rotatable bonds is 4. The summed E-state index contributed by atoms with van der Waals surface area (Å²) in [7, 11) is 1.88. The van der Waals surface area contributed by atoms with Crippen LogP contribution in [-0.4, -0.2) is 50.6 Å². The van der Waals surface area contributed by atoms with Gasteiger partial charge in [-0.15, -0.1) is 0 Å². The highest BCUT2D eigenvalue weighted by atomic mass is 16.2. The van der Waals surface area contributed by atoms with Crippen molar-refractivity contribution in [2.24, 2.45) is 0 Å². The second-order valence-corrected chi connectivity index (χ2v) is 5.44. The number of hydrogen-bond acceptors (Lipinski definition) is 3. The van der Waals surface area contributed by atoms with Crippen LogP contribution in [0.3, 0.4) is 0 Å². The lowest BCUT2D eigenvalue weighted by atomic mass is 10.1. The SMILES string of the molecule is CNCCC(=O)N1CCN(c2cccc(C)c2C)CC1. The summed E-state index contributed by atoms with van der Waals surface area (Å²) in [6.07, 6.45) is 0.597. The lowest BCUT2D eigenvalue weighted by molar-refractivity contribution is -0.131. The molecule has 0 aromatic heterocycles. The normalized spacial score (nSPS) is 15.6. The molecule has 1 saturated heterocycles. The summed E-state index contributed by atoms with van der Waals surface area (Å²) in [6.45, 7) is 8.60. The van der Waals surface area contributed by atoms with E-state index in [9.17, 15) is 4.79 Å². The van der Waals surface area contributed by atoms with Gasteiger partial charge in [0, 0.05) is 44.8 Å². The van der Waals surface area contributed by atoms with Gasteiger partial charge in [-0.05, 0) is 38.1 Å². The lowest BCUT2D eigenvalue weighted by Crippen LogP contribution is -2.49. The van der Waals surface area contributed by atoms with Crippen LogP contribution in [0.2, 0.25) is 0 Å². The highest BCUT2D eigenvalue weighted by Gasteiger charge is 2.21. The fourth-order valence-electron chi connectivity index (χ4n) is 2.66. The molecule has 20 heavy (non-hydrogen) atoms. The molecule has 0 unspecified atom stereocenters. The summed E-state index contributed by atoms with van der Waals surface area (Å²) in [6, 6.07) is 6.44. The molecule has 1 aliphatic heterocycles. The first-order chi connectivity index (χ1) is 9.63. The molecular weight excluding hydrogens is 250 g/mol. The Morgan fingerprint density at radius 1 is 1.20 bits per heavy atom. The Hall–Kier alpha value is -1.55. The van der Waals surface area contributed by atoms with Crippen molar-refractivity contribution in [1.29, 1.82) is 0 Å². The Kier molecular flexibility index (Phi) is 5.01. The highest BCUT2D eigenvalue weighted by Crippen LogP contribution is 2.23. The molecule has 110 valence electrons.